The molecule has 1 aromatic carbocycles. The molecule has 17 heavy (non-hydrogen) atoms. The third-order valence-electron chi connectivity index (χ3n) is 3.01. The maximum absolute atomic E-state index is 12.9. The Kier molecular flexibility index (Phi) is 3.64. The molecule has 0 spiro atoms. The molecular weight excluding hydrogens is 243 g/mol. The molecule has 1 N–H and O–H groups in total. The fourth-order valence-corrected chi connectivity index (χ4v) is 2.14. The maximum Gasteiger partial charge on any atom is 0.237 e. The van der Waals surface area contributed by atoms with E-state index < -0.39 is 0 Å². The van der Waals surface area contributed by atoms with Gasteiger partial charge in [-0.3, -0.25) is 9.69 Å². The van der Waals surface area contributed by atoms with Gasteiger partial charge in [-0.25, -0.2) is 4.39 Å². The number of nitrogens with one attached hydrogen (secondary N) is 1. The Morgan fingerprint density at radius 3 is 3.06 bits per heavy atom. The van der Waals surface area contributed by atoms with Crippen molar-refractivity contribution in [2.45, 2.75) is 19.5 Å². The number of hydrogen-bond acceptors (Lipinski definition) is 2. The molecule has 1 aliphatic rings. The zero-order chi connectivity index (χ0) is 12.4. The molecule has 1 heterocycles. The molecule has 92 valence electrons. The van der Waals surface area contributed by atoms with Crippen molar-refractivity contribution in [3.8, 4) is 0 Å². The van der Waals surface area contributed by atoms with Crippen LogP contribution in [0.4, 0.5) is 4.39 Å². The van der Waals surface area contributed by atoms with Crippen molar-refractivity contribution >= 4 is 17.5 Å². The van der Waals surface area contributed by atoms with Crippen LogP contribution in [-0.4, -0.2) is 29.9 Å². The molecule has 2 rings (SSSR count). The molecule has 3 nitrogen and oxygen atoms in total. The standard InChI is InChI=1S/C12H14ClFN2O/c1-8-12(17)15-4-5-16(8)7-9-2-3-10(14)6-11(9)13/h2-3,6,8H,4-5,7H2,1H3,(H,15,17)/t8-/m1/s1. The minimum Gasteiger partial charge on any atom is -0.353 e. The zero-order valence-electron chi connectivity index (χ0n) is 9.54. The highest BCUT2D eigenvalue weighted by atomic mass is 35.5. The van der Waals surface area contributed by atoms with E-state index >= 15 is 0 Å². The highest BCUT2D eigenvalue weighted by molar-refractivity contribution is 6.31. The van der Waals surface area contributed by atoms with E-state index in [1.165, 1.54) is 12.1 Å². The first-order valence-corrected chi connectivity index (χ1v) is 5.91. The van der Waals surface area contributed by atoms with Crippen molar-refractivity contribution in [3.63, 3.8) is 0 Å². The van der Waals surface area contributed by atoms with Crippen LogP contribution in [0.2, 0.25) is 5.02 Å². The van der Waals surface area contributed by atoms with Gasteiger partial charge >= 0.3 is 0 Å². The van der Waals surface area contributed by atoms with Crippen LogP contribution < -0.4 is 5.32 Å². The van der Waals surface area contributed by atoms with Crippen LogP contribution >= 0.6 is 11.6 Å². The fraction of sp³-hybridized carbons (Fsp3) is 0.417. The van der Waals surface area contributed by atoms with E-state index in [4.69, 9.17) is 11.6 Å². The van der Waals surface area contributed by atoms with Gasteiger partial charge in [-0.1, -0.05) is 17.7 Å². The molecule has 1 amide bonds. The minimum absolute atomic E-state index is 0.0227. The topological polar surface area (TPSA) is 32.3 Å². The Bertz CT molecular complexity index is 439. The van der Waals surface area contributed by atoms with Gasteiger partial charge in [-0.05, 0) is 24.6 Å². The third kappa shape index (κ3) is 2.76. The van der Waals surface area contributed by atoms with Crippen LogP contribution in [0, 0.1) is 5.82 Å². The summed E-state index contributed by atoms with van der Waals surface area (Å²) in [6.07, 6.45) is 0. The zero-order valence-corrected chi connectivity index (χ0v) is 10.3. The number of carbonyl (C=O) groups excluding carboxylic acids is 1. The number of piperazine rings is 1. The normalized spacial score (nSPS) is 21.4. The van der Waals surface area contributed by atoms with Crippen LogP contribution in [0.5, 0.6) is 0 Å². The average molecular weight is 257 g/mol. The van der Waals surface area contributed by atoms with E-state index in [9.17, 15) is 9.18 Å². The number of carbonyl (C=O) groups is 1. The monoisotopic (exact) mass is 256 g/mol. The molecule has 0 bridgehead atoms. The van der Waals surface area contributed by atoms with Gasteiger partial charge in [0, 0.05) is 24.7 Å². The predicted octanol–water partition coefficient (Wildman–Crippen LogP) is 1.80. The number of amides is 1. The summed E-state index contributed by atoms with van der Waals surface area (Å²) in [6, 6.07) is 4.17. The third-order valence-corrected chi connectivity index (χ3v) is 3.37. The van der Waals surface area contributed by atoms with Gasteiger partial charge < -0.3 is 5.32 Å². The molecule has 0 aliphatic carbocycles. The Hall–Kier alpha value is -1.13. The van der Waals surface area contributed by atoms with E-state index in [1.807, 2.05) is 11.8 Å². The van der Waals surface area contributed by atoms with Crippen molar-refractivity contribution in [2.24, 2.45) is 0 Å². The summed E-state index contributed by atoms with van der Waals surface area (Å²) in [4.78, 5) is 13.5. The first-order valence-electron chi connectivity index (χ1n) is 5.53. The van der Waals surface area contributed by atoms with Crippen LogP contribution in [0.3, 0.4) is 0 Å². The second-order valence-electron chi connectivity index (χ2n) is 4.17. The largest absolute Gasteiger partial charge is 0.353 e. The molecule has 5 heteroatoms. The van der Waals surface area contributed by atoms with Crippen LogP contribution in [0.1, 0.15) is 12.5 Å². The highest BCUT2D eigenvalue weighted by Gasteiger charge is 2.25. The number of benzene rings is 1. The van der Waals surface area contributed by atoms with Crippen LogP contribution in [-0.2, 0) is 11.3 Å². The Balaban J connectivity index is 2.12. The molecular formula is C12H14ClFN2O. The minimum atomic E-state index is -0.344. The van der Waals surface area contributed by atoms with Gasteiger partial charge in [0.05, 0.1) is 6.04 Å². The van der Waals surface area contributed by atoms with E-state index in [0.29, 0.717) is 18.1 Å². The lowest BCUT2D eigenvalue weighted by Gasteiger charge is -2.32. The summed E-state index contributed by atoms with van der Waals surface area (Å²) in [5.74, 6) is -0.322. The molecule has 1 aromatic rings. The van der Waals surface area contributed by atoms with Gasteiger partial charge in [-0.15, -0.1) is 0 Å². The Labute approximate surface area is 105 Å². The first-order chi connectivity index (χ1) is 8.08. The summed E-state index contributed by atoms with van der Waals surface area (Å²) < 4.78 is 12.9. The van der Waals surface area contributed by atoms with E-state index in [0.717, 1.165) is 12.1 Å². The van der Waals surface area contributed by atoms with E-state index in [-0.39, 0.29) is 17.8 Å². The quantitative estimate of drug-likeness (QED) is 0.875. The van der Waals surface area contributed by atoms with E-state index in [1.54, 1.807) is 6.07 Å². The molecule has 0 radical (unpaired) electrons. The first kappa shape index (κ1) is 12.3. The molecule has 1 atom stereocenters. The average Bonchev–Trinajstić information content (AvgIpc) is 2.28. The predicted molar refractivity (Wildman–Crippen MR) is 64.3 cm³/mol. The van der Waals surface area contributed by atoms with Crippen LogP contribution in [0.15, 0.2) is 18.2 Å². The second kappa shape index (κ2) is 5.02. The molecule has 0 aromatic heterocycles. The Morgan fingerprint density at radius 2 is 2.35 bits per heavy atom. The van der Waals surface area contributed by atoms with Crippen molar-refractivity contribution in [3.05, 3.63) is 34.6 Å². The van der Waals surface area contributed by atoms with Crippen molar-refractivity contribution in [2.75, 3.05) is 13.1 Å². The maximum atomic E-state index is 12.9. The van der Waals surface area contributed by atoms with Gasteiger partial charge in [0.25, 0.3) is 0 Å². The smallest absolute Gasteiger partial charge is 0.237 e. The van der Waals surface area contributed by atoms with Crippen molar-refractivity contribution < 1.29 is 9.18 Å². The van der Waals surface area contributed by atoms with E-state index in [2.05, 4.69) is 5.32 Å². The number of halogens is 2. The van der Waals surface area contributed by atoms with Crippen molar-refractivity contribution in [1.82, 2.24) is 10.2 Å². The molecule has 1 fully saturated rings. The summed E-state index contributed by atoms with van der Waals surface area (Å²) in [5, 5.41) is 3.20. The summed E-state index contributed by atoms with van der Waals surface area (Å²) in [6.45, 7) is 3.84. The molecule has 1 aliphatic heterocycles. The lowest BCUT2D eigenvalue weighted by atomic mass is 10.1. The fourth-order valence-electron chi connectivity index (χ4n) is 1.91. The number of hydrogen-bond donors (Lipinski definition) is 1. The van der Waals surface area contributed by atoms with Gasteiger partial charge in [0.15, 0.2) is 0 Å². The molecule has 1 saturated heterocycles. The van der Waals surface area contributed by atoms with Crippen LogP contribution in [0.25, 0.3) is 0 Å². The molecule has 0 saturated carbocycles. The van der Waals surface area contributed by atoms with Gasteiger partial charge in [0.1, 0.15) is 5.82 Å². The van der Waals surface area contributed by atoms with Crippen molar-refractivity contribution in [1.29, 1.82) is 0 Å². The SMILES string of the molecule is C[C@@H]1C(=O)NCCN1Cc1ccc(F)cc1Cl. The van der Waals surface area contributed by atoms with Gasteiger partial charge in [0.2, 0.25) is 5.91 Å². The highest BCUT2D eigenvalue weighted by Crippen LogP contribution is 2.20. The lowest BCUT2D eigenvalue weighted by Crippen LogP contribution is -2.53. The summed E-state index contributed by atoms with van der Waals surface area (Å²) in [7, 11) is 0. The Morgan fingerprint density at radius 1 is 1.59 bits per heavy atom. The number of nitrogens with zero attached hydrogens (tertiary/aromatic N) is 1. The van der Waals surface area contributed by atoms with Gasteiger partial charge in [-0.2, -0.15) is 0 Å². The summed E-state index contributed by atoms with van der Waals surface area (Å²) in [5.41, 5.74) is 0.842. The summed E-state index contributed by atoms with van der Waals surface area (Å²) >= 11 is 5.97. The molecule has 0 unspecified atom stereocenters. The lowest BCUT2D eigenvalue weighted by molar-refractivity contribution is -0.128. The number of rotatable bonds is 2. The second-order valence-corrected chi connectivity index (χ2v) is 4.58.